The largest absolute Gasteiger partial charge is 0.355 e. The molecule has 2 heterocycles. The topological polar surface area (TPSA) is 52.7 Å². The van der Waals surface area contributed by atoms with Gasteiger partial charge in [-0.25, -0.2) is 0 Å². The zero-order chi connectivity index (χ0) is 15.8. The number of carbonyl (C=O) groups excluding carboxylic acids is 2. The van der Waals surface area contributed by atoms with Crippen LogP contribution in [0.4, 0.5) is 0 Å². The molecule has 0 aliphatic carbocycles. The van der Waals surface area contributed by atoms with Crippen LogP contribution in [0.1, 0.15) is 51.9 Å². The highest BCUT2D eigenvalue weighted by Crippen LogP contribution is 2.18. The summed E-state index contributed by atoms with van der Waals surface area (Å²) in [6, 6.07) is 0. The molecule has 2 aliphatic heterocycles. The maximum absolute atomic E-state index is 12.2. The third-order valence-corrected chi connectivity index (χ3v) is 4.86. The molecule has 0 aromatic carbocycles. The number of hydrogen-bond donors (Lipinski definition) is 1. The number of likely N-dealkylation sites (tertiary alicyclic amines) is 2. The van der Waals surface area contributed by atoms with Gasteiger partial charge in [-0.2, -0.15) is 0 Å². The molecular formula is C17H31N3O2. The van der Waals surface area contributed by atoms with E-state index in [0.29, 0.717) is 6.42 Å². The van der Waals surface area contributed by atoms with Crippen LogP contribution in [0.5, 0.6) is 0 Å². The Labute approximate surface area is 134 Å². The molecule has 0 bridgehead atoms. The molecule has 126 valence electrons. The summed E-state index contributed by atoms with van der Waals surface area (Å²) in [4.78, 5) is 28.4. The van der Waals surface area contributed by atoms with Gasteiger partial charge in [0, 0.05) is 38.5 Å². The van der Waals surface area contributed by atoms with Crippen LogP contribution in [0, 0.1) is 5.92 Å². The van der Waals surface area contributed by atoms with Crippen LogP contribution in [-0.2, 0) is 9.59 Å². The maximum Gasteiger partial charge on any atom is 0.223 e. The molecule has 5 nitrogen and oxygen atoms in total. The highest BCUT2D eigenvalue weighted by atomic mass is 16.2. The number of piperidine rings is 2. The van der Waals surface area contributed by atoms with Gasteiger partial charge in [-0.1, -0.05) is 13.3 Å². The monoisotopic (exact) mass is 309 g/mol. The summed E-state index contributed by atoms with van der Waals surface area (Å²) in [6.07, 6.45) is 7.08. The molecule has 0 aromatic rings. The van der Waals surface area contributed by atoms with Gasteiger partial charge in [0.25, 0.3) is 0 Å². The number of nitrogens with zero attached hydrogens (tertiary/aromatic N) is 2. The van der Waals surface area contributed by atoms with Gasteiger partial charge in [0.1, 0.15) is 0 Å². The summed E-state index contributed by atoms with van der Waals surface area (Å²) in [6.45, 7) is 7.58. The Morgan fingerprint density at radius 1 is 1.05 bits per heavy atom. The lowest BCUT2D eigenvalue weighted by molar-refractivity contribution is -0.135. The summed E-state index contributed by atoms with van der Waals surface area (Å²) in [5.74, 6) is 0.512. The minimum atomic E-state index is 0.0898. The summed E-state index contributed by atoms with van der Waals surface area (Å²) < 4.78 is 0. The Morgan fingerprint density at radius 3 is 2.36 bits per heavy atom. The second kappa shape index (κ2) is 9.13. The van der Waals surface area contributed by atoms with E-state index in [1.807, 2.05) is 11.8 Å². The Hall–Kier alpha value is -1.10. The number of hydrogen-bond acceptors (Lipinski definition) is 3. The van der Waals surface area contributed by atoms with E-state index >= 15 is 0 Å². The maximum atomic E-state index is 12.2. The van der Waals surface area contributed by atoms with E-state index in [1.54, 1.807) is 0 Å². The van der Waals surface area contributed by atoms with Gasteiger partial charge in [0.2, 0.25) is 11.8 Å². The van der Waals surface area contributed by atoms with Crippen molar-refractivity contribution >= 4 is 11.8 Å². The quantitative estimate of drug-likeness (QED) is 0.811. The number of rotatable bonds is 6. The average Bonchev–Trinajstić information content (AvgIpc) is 2.56. The van der Waals surface area contributed by atoms with Crippen molar-refractivity contribution in [2.24, 2.45) is 5.92 Å². The average molecular weight is 309 g/mol. The second-order valence-electron chi connectivity index (χ2n) is 6.60. The second-order valence-corrected chi connectivity index (χ2v) is 6.60. The van der Waals surface area contributed by atoms with Crippen LogP contribution in [0.2, 0.25) is 0 Å². The molecule has 0 saturated carbocycles. The summed E-state index contributed by atoms with van der Waals surface area (Å²) in [7, 11) is 0. The van der Waals surface area contributed by atoms with E-state index < -0.39 is 0 Å². The third kappa shape index (κ3) is 5.27. The first-order chi connectivity index (χ1) is 10.7. The van der Waals surface area contributed by atoms with Crippen molar-refractivity contribution < 1.29 is 9.59 Å². The molecule has 0 radical (unpaired) electrons. The van der Waals surface area contributed by atoms with Gasteiger partial charge >= 0.3 is 0 Å². The van der Waals surface area contributed by atoms with Gasteiger partial charge in [0.15, 0.2) is 0 Å². The predicted octanol–water partition coefficient (Wildman–Crippen LogP) is 1.63. The Bertz CT molecular complexity index is 359. The van der Waals surface area contributed by atoms with Crippen molar-refractivity contribution in [2.75, 3.05) is 39.3 Å². The van der Waals surface area contributed by atoms with Crippen molar-refractivity contribution in [2.45, 2.75) is 51.9 Å². The van der Waals surface area contributed by atoms with Crippen molar-refractivity contribution in [3.63, 3.8) is 0 Å². The Morgan fingerprint density at radius 2 is 1.73 bits per heavy atom. The molecule has 0 spiro atoms. The summed E-state index contributed by atoms with van der Waals surface area (Å²) in [5, 5.41) is 3.08. The molecule has 2 amide bonds. The molecule has 22 heavy (non-hydrogen) atoms. The normalized spacial score (nSPS) is 20.9. The van der Waals surface area contributed by atoms with Crippen LogP contribution in [0.3, 0.4) is 0 Å². The van der Waals surface area contributed by atoms with Crippen molar-refractivity contribution in [1.29, 1.82) is 0 Å². The van der Waals surface area contributed by atoms with Gasteiger partial charge in [-0.3, -0.25) is 9.59 Å². The van der Waals surface area contributed by atoms with Crippen molar-refractivity contribution in [1.82, 2.24) is 15.1 Å². The molecular weight excluding hydrogens is 278 g/mol. The number of nitrogens with one attached hydrogen (secondary N) is 1. The lowest BCUT2D eigenvalue weighted by atomic mass is 9.95. The van der Waals surface area contributed by atoms with E-state index in [2.05, 4.69) is 10.2 Å². The van der Waals surface area contributed by atoms with E-state index in [4.69, 9.17) is 0 Å². The third-order valence-electron chi connectivity index (χ3n) is 4.86. The molecule has 2 aliphatic rings. The standard InChI is InChI=1S/C17H31N3O2/c1-2-6-16(21)20-12-7-15(8-13-20)17(22)18-9-14-19-10-4-3-5-11-19/h15H,2-14H2,1H3,(H,18,22). The van der Waals surface area contributed by atoms with Crippen LogP contribution in [0.25, 0.3) is 0 Å². The highest BCUT2D eigenvalue weighted by molar-refractivity contribution is 5.80. The number of amides is 2. The SMILES string of the molecule is CCCC(=O)N1CCC(C(=O)NCCN2CCCCC2)CC1. The fraction of sp³-hybridized carbons (Fsp3) is 0.882. The summed E-state index contributed by atoms with van der Waals surface area (Å²) >= 11 is 0. The fourth-order valence-corrected chi connectivity index (χ4v) is 3.43. The minimum Gasteiger partial charge on any atom is -0.355 e. The predicted molar refractivity (Wildman–Crippen MR) is 87.5 cm³/mol. The Balaban J connectivity index is 1.61. The first kappa shape index (κ1) is 17.3. The smallest absolute Gasteiger partial charge is 0.223 e. The molecule has 0 atom stereocenters. The van der Waals surface area contributed by atoms with E-state index in [0.717, 1.165) is 45.4 Å². The highest BCUT2D eigenvalue weighted by Gasteiger charge is 2.26. The van der Waals surface area contributed by atoms with Gasteiger partial charge < -0.3 is 15.1 Å². The van der Waals surface area contributed by atoms with Crippen LogP contribution >= 0.6 is 0 Å². The van der Waals surface area contributed by atoms with Crippen molar-refractivity contribution in [3.05, 3.63) is 0 Å². The molecule has 1 N–H and O–H groups in total. The van der Waals surface area contributed by atoms with E-state index in [9.17, 15) is 9.59 Å². The van der Waals surface area contributed by atoms with Gasteiger partial charge in [-0.05, 0) is 45.2 Å². The molecule has 0 aromatic heterocycles. The number of carbonyl (C=O) groups is 2. The van der Waals surface area contributed by atoms with E-state index in [1.165, 1.54) is 32.4 Å². The lowest BCUT2D eigenvalue weighted by Gasteiger charge is -2.31. The van der Waals surface area contributed by atoms with Gasteiger partial charge in [-0.15, -0.1) is 0 Å². The van der Waals surface area contributed by atoms with Crippen LogP contribution < -0.4 is 5.32 Å². The van der Waals surface area contributed by atoms with E-state index in [-0.39, 0.29) is 17.7 Å². The molecule has 2 saturated heterocycles. The fourth-order valence-electron chi connectivity index (χ4n) is 3.43. The first-order valence-electron chi connectivity index (χ1n) is 8.98. The molecule has 0 unspecified atom stereocenters. The molecule has 2 fully saturated rings. The van der Waals surface area contributed by atoms with Crippen molar-refractivity contribution in [3.8, 4) is 0 Å². The first-order valence-corrected chi connectivity index (χ1v) is 8.98. The van der Waals surface area contributed by atoms with Crippen LogP contribution in [-0.4, -0.2) is 60.9 Å². The molecule has 2 rings (SSSR count). The Kier molecular flexibility index (Phi) is 7.16. The zero-order valence-corrected chi connectivity index (χ0v) is 14.0. The summed E-state index contributed by atoms with van der Waals surface area (Å²) in [5.41, 5.74) is 0. The lowest BCUT2D eigenvalue weighted by Crippen LogP contribution is -2.44. The van der Waals surface area contributed by atoms with Crippen LogP contribution in [0.15, 0.2) is 0 Å². The zero-order valence-electron chi connectivity index (χ0n) is 14.0. The van der Waals surface area contributed by atoms with Gasteiger partial charge in [0.05, 0.1) is 0 Å². The minimum absolute atomic E-state index is 0.0898. The molecule has 5 heteroatoms.